The summed E-state index contributed by atoms with van der Waals surface area (Å²) >= 11 is 0. The molecule has 1 amide bonds. The number of methoxy groups -OCH3 is 1. The molecule has 2 aromatic carbocycles. The largest absolute Gasteiger partial charge is 0.534 e. The number of hydrogen-bond donors (Lipinski definition) is 2. The zero-order valence-electron chi connectivity index (χ0n) is 17.7. The van der Waals surface area contributed by atoms with E-state index in [2.05, 4.69) is 9.50 Å². The number of carbonyl (C=O) groups excluding carboxylic acids is 1. The Kier molecular flexibility index (Phi) is 7.83. The highest BCUT2D eigenvalue weighted by Gasteiger charge is 2.49. The SMILES string of the molecule is CNC(=O)/C=C(\c1ccc(F)cc1)c1cc(OS(=O)(=O)C(F)(F)F)c(NS(C)(=O)=O)cc1OC. The van der Waals surface area contributed by atoms with Crippen molar-refractivity contribution in [2.75, 3.05) is 25.1 Å². The second-order valence-electron chi connectivity index (χ2n) is 6.59. The molecule has 0 fully saturated rings. The van der Waals surface area contributed by atoms with Crippen molar-refractivity contribution < 1.29 is 48.1 Å². The predicted molar refractivity (Wildman–Crippen MR) is 115 cm³/mol. The fourth-order valence-electron chi connectivity index (χ4n) is 2.60. The molecule has 2 aromatic rings. The molecule has 186 valence electrons. The summed E-state index contributed by atoms with van der Waals surface area (Å²) in [5.74, 6) is -2.53. The van der Waals surface area contributed by atoms with E-state index in [1.807, 2.05) is 4.72 Å². The Hall–Kier alpha value is -3.33. The first-order chi connectivity index (χ1) is 15.6. The molecule has 0 saturated carbocycles. The van der Waals surface area contributed by atoms with Crippen LogP contribution in [0.2, 0.25) is 0 Å². The highest BCUT2D eigenvalue weighted by molar-refractivity contribution is 7.92. The summed E-state index contributed by atoms with van der Waals surface area (Å²) in [4.78, 5) is 12.1. The lowest BCUT2D eigenvalue weighted by molar-refractivity contribution is -0.116. The van der Waals surface area contributed by atoms with Crippen LogP contribution in [0.5, 0.6) is 11.5 Å². The van der Waals surface area contributed by atoms with Crippen LogP contribution in [0, 0.1) is 5.82 Å². The molecule has 0 aromatic heterocycles. The summed E-state index contributed by atoms with van der Waals surface area (Å²) in [5.41, 5.74) is -6.51. The Balaban J connectivity index is 2.87. The van der Waals surface area contributed by atoms with E-state index in [0.29, 0.717) is 6.26 Å². The molecule has 0 heterocycles. The second-order valence-corrected chi connectivity index (χ2v) is 9.87. The van der Waals surface area contributed by atoms with Gasteiger partial charge in [-0.25, -0.2) is 12.8 Å². The van der Waals surface area contributed by atoms with Crippen molar-refractivity contribution in [1.82, 2.24) is 5.32 Å². The van der Waals surface area contributed by atoms with Gasteiger partial charge in [-0.1, -0.05) is 12.1 Å². The number of ether oxygens (including phenoxy) is 1. The van der Waals surface area contributed by atoms with Crippen LogP contribution in [-0.2, 0) is 24.9 Å². The molecule has 0 aliphatic heterocycles. The number of likely N-dealkylation sites (N-methyl/N-ethyl adjacent to an activating group) is 1. The minimum atomic E-state index is -6.21. The molecular formula is C19H18F4N2O7S2. The van der Waals surface area contributed by atoms with E-state index in [-0.39, 0.29) is 22.4 Å². The van der Waals surface area contributed by atoms with Crippen LogP contribution in [0.4, 0.5) is 23.2 Å². The highest BCUT2D eigenvalue weighted by atomic mass is 32.2. The summed E-state index contributed by atoms with van der Waals surface area (Å²) < 4.78 is 110. The van der Waals surface area contributed by atoms with Crippen LogP contribution < -0.4 is 19.0 Å². The molecule has 34 heavy (non-hydrogen) atoms. The lowest BCUT2D eigenvalue weighted by Gasteiger charge is -2.19. The van der Waals surface area contributed by atoms with Crippen LogP contribution in [0.1, 0.15) is 11.1 Å². The van der Waals surface area contributed by atoms with Crippen molar-refractivity contribution in [2.45, 2.75) is 5.51 Å². The number of rotatable bonds is 8. The molecule has 9 nitrogen and oxygen atoms in total. The summed E-state index contributed by atoms with van der Waals surface area (Å²) in [5, 5.41) is 2.30. The molecular weight excluding hydrogens is 508 g/mol. The van der Waals surface area contributed by atoms with Gasteiger partial charge in [0.2, 0.25) is 15.9 Å². The van der Waals surface area contributed by atoms with E-state index >= 15 is 0 Å². The van der Waals surface area contributed by atoms with Gasteiger partial charge in [0.15, 0.2) is 5.75 Å². The van der Waals surface area contributed by atoms with Crippen LogP contribution in [0.15, 0.2) is 42.5 Å². The maximum Gasteiger partial charge on any atom is 0.534 e. The number of amides is 1. The fraction of sp³-hybridized carbons (Fsp3) is 0.211. The molecule has 0 saturated heterocycles. The Morgan fingerprint density at radius 2 is 1.62 bits per heavy atom. The summed E-state index contributed by atoms with van der Waals surface area (Å²) in [7, 11) is -7.89. The van der Waals surface area contributed by atoms with Gasteiger partial charge in [-0.15, -0.1) is 0 Å². The van der Waals surface area contributed by atoms with Crippen molar-refractivity contribution in [3.63, 3.8) is 0 Å². The summed E-state index contributed by atoms with van der Waals surface area (Å²) in [6.07, 6.45) is 1.67. The van der Waals surface area contributed by atoms with Gasteiger partial charge in [-0.2, -0.15) is 21.6 Å². The first-order valence-electron chi connectivity index (χ1n) is 8.98. The van der Waals surface area contributed by atoms with Gasteiger partial charge in [0, 0.05) is 24.8 Å². The average Bonchev–Trinajstić information content (AvgIpc) is 2.71. The average molecular weight is 526 g/mol. The molecule has 0 spiro atoms. The van der Waals surface area contributed by atoms with Crippen LogP contribution in [0.25, 0.3) is 5.57 Å². The summed E-state index contributed by atoms with van der Waals surface area (Å²) in [6, 6.07) is 6.21. The molecule has 15 heteroatoms. The topological polar surface area (TPSA) is 128 Å². The molecule has 2 rings (SSSR count). The molecule has 2 N–H and O–H groups in total. The monoisotopic (exact) mass is 526 g/mol. The third-order valence-electron chi connectivity index (χ3n) is 4.05. The Morgan fingerprint density at radius 1 is 1.03 bits per heavy atom. The third-order valence-corrected chi connectivity index (χ3v) is 5.60. The number of carbonyl (C=O) groups is 1. The zero-order valence-corrected chi connectivity index (χ0v) is 19.4. The molecule has 0 aliphatic rings. The van der Waals surface area contributed by atoms with Gasteiger partial charge in [-0.05, 0) is 29.3 Å². The quantitative estimate of drug-likeness (QED) is 0.234. The van der Waals surface area contributed by atoms with Crippen molar-refractivity contribution in [3.05, 3.63) is 59.4 Å². The smallest absolute Gasteiger partial charge is 0.496 e. The van der Waals surface area contributed by atoms with Gasteiger partial charge < -0.3 is 14.2 Å². The number of sulfonamides is 1. The standard InChI is InChI=1S/C19H18F4N2O7S2/c1-24-18(26)9-13(11-4-6-12(20)7-5-11)14-8-17(32-34(29,30)19(21,22)23)15(10-16(14)31-2)25-33(3,27)28/h4-10,25H,1-3H3,(H,24,26)/b13-9+. The highest BCUT2D eigenvalue weighted by Crippen LogP contribution is 2.41. The third kappa shape index (κ3) is 6.60. The summed E-state index contributed by atoms with van der Waals surface area (Å²) in [6.45, 7) is 0. The van der Waals surface area contributed by atoms with Crippen LogP contribution in [0.3, 0.4) is 0 Å². The minimum Gasteiger partial charge on any atom is -0.496 e. The van der Waals surface area contributed by atoms with Crippen LogP contribution in [-0.4, -0.2) is 48.7 Å². The lowest BCUT2D eigenvalue weighted by atomic mass is 9.95. The first kappa shape index (κ1) is 26.9. The molecule has 0 unspecified atom stereocenters. The molecule has 0 atom stereocenters. The van der Waals surface area contributed by atoms with E-state index in [1.165, 1.54) is 19.2 Å². The van der Waals surface area contributed by atoms with Crippen molar-refractivity contribution >= 4 is 37.3 Å². The molecule has 0 bridgehead atoms. The van der Waals surface area contributed by atoms with E-state index in [0.717, 1.165) is 37.5 Å². The van der Waals surface area contributed by atoms with Gasteiger partial charge >= 0.3 is 15.6 Å². The lowest BCUT2D eigenvalue weighted by Crippen LogP contribution is -2.28. The van der Waals surface area contributed by atoms with E-state index in [9.17, 15) is 39.2 Å². The Bertz CT molecular complexity index is 1320. The number of benzene rings is 2. The number of hydrogen-bond acceptors (Lipinski definition) is 7. The normalized spacial score (nSPS) is 12.7. The van der Waals surface area contributed by atoms with Crippen molar-refractivity contribution in [2.24, 2.45) is 0 Å². The maximum absolute atomic E-state index is 13.4. The maximum atomic E-state index is 13.4. The minimum absolute atomic E-state index is 0.0311. The second kappa shape index (κ2) is 9.89. The fourth-order valence-corrected chi connectivity index (χ4v) is 3.63. The van der Waals surface area contributed by atoms with Gasteiger partial charge in [0.05, 0.1) is 19.1 Å². The predicted octanol–water partition coefficient (Wildman–Crippen LogP) is 2.61. The molecule has 0 aliphatic carbocycles. The number of nitrogens with one attached hydrogen (secondary N) is 2. The van der Waals surface area contributed by atoms with Gasteiger partial charge in [0.25, 0.3) is 0 Å². The van der Waals surface area contributed by atoms with Crippen LogP contribution >= 0.6 is 0 Å². The Morgan fingerprint density at radius 3 is 2.09 bits per heavy atom. The van der Waals surface area contributed by atoms with Crippen molar-refractivity contribution in [3.8, 4) is 11.5 Å². The number of alkyl halides is 3. The molecule has 0 radical (unpaired) electrons. The van der Waals surface area contributed by atoms with E-state index < -0.39 is 48.8 Å². The van der Waals surface area contributed by atoms with Crippen molar-refractivity contribution in [1.29, 1.82) is 0 Å². The van der Waals surface area contributed by atoms with E-state index in [1.54, 1.807) is 0 Å². The zero-order chi connectivity index (χ0) is 25.9. The number of anilines is 1. The number of halogens is 4. The first-order valence-corrected chi connectivity index (χ1v) is 12.3. The van der Waals surface area contributed by atoms with E-state index in [4.69, 9.17) is 4.74 Å². The Labute approximate surface area is 192 Å². The van der Waals surface area contributed by atoms with Gasteiger partial charge in [-0.3, -0.25) is 9.52 Å². The van der Waals surface area contributed by atoms with Gasteiger partial charge in [0.1, 0.15) is 11.6 Å².